The number of nitrogens with zero attached hydrogens (tertiary/aromatic N) is 3. The zero-order chi connectivity index (χ0) is 31.8. The second-order valence-electron chi connectivity index (χ2n) is 12.8. The van der Waals surface area contributed by atoms with Crippen molar-refractivity contribution in [3.8, 4) is 5.75 Å². The Morgan fingerprint density at radius 1 is 1.19 bits per heavy atom. The molecule has 0 saturated heterocycles. The first-order valence-corrected chi connectivity index (χ1v) is 14.2. The molecule has 6 atom stereocenters. The minimum absolute atomic E-state index is 0.0827. The van der Waals surface area contributed by atoms with Crippen LogP contribution >= 0.6 is 0 Å². The number of nitrogens with two attached hydrogens (primary N) is 1. The van der Waals surface area contributed by atoms with E-state index in [1.165, 1.54) is 19.0 Å². The van der Waals surface area contributed by atoms with Crippen LogP contribution in [0.2, 0.25) is 0 Å². The molecule has 1 heterocycles. The van der Waals surface area contributed by atoms with Crippen molar-refractivity contribution in [2.24, 2.45) is 17.6 Å². The van der Waals surface area contributed by atoms with E-state index in [9.17, 15) is 39.9 Å². The summed E-state index contributed by atoms with van der Waals surface area (Å²) in [6.45, 7) is 6.32. The average molecular weight is 595 g/mol. The fraction of sp³-hybridized carbons (Fsp3) is 0.484. The Balaban J connectivity index is 1.63. The van der Waals surface area contributed by atoms with Gasteiger partial charge in [-0.3, -0.25) is 19.3 Å². The van der Waals surface area contributed by atoms with Gasteiger partial charge in [-0.15, -0.1) is 0 Å². The van der Waals surface area contributed by atoms with E-state index in [2.05, 4.69) is 4.98 Å². The van der Waals surface area contributed by atoms with Crippen LogP contribution in [0.25, 0.3) is 0 Å². The fourth-order valence-electron chi connectivity index (χ4n) is 7.43. The molecule has 12 heteroatoms. The molecule has 0 radical (unpaired) electrons. The van der Waals surface area contributed by atoms with Crippen LogP contribution in [-0.4, -0.2) is 89.3 Å². The Hall–Kier alpha value is -4.00. The minimum Gasteiger partial charge on any atom is -0.510 e. The first-order valence-electron chi connectivity index (χ1n) is 14.2. The summed E-state index contributed by atoms with van der Waals surface area (Å²) in [5.41, 5.74) is 1.39. The second kappa shape index (κ2) is 10.3. The van der Waals surface area contributed by atoms with E-state index in [4.69, 9.17) is 5.73 Å². The Labute approximate surface area is 248 Å². The third kappa shape index (κ3) is 4.30. The number of likely N-dealkylation sites (N-methyl/N-ethyl adjacent to an activating group) is 1. The lowest BCUT2D eigenvalue weighted by molar-refractivity contribution is -0.162. The lowest BCUT2D eigenvalue weighted by Crippen LogP contribution is -2.68. The number of amides is 1. The van der Waals surface area contributed by atoms with Crippen molar-refractivity contribution in [2.75, 3.05) is 14.1 Å². The Bertz CT molecular complexity index is 1570. The van der Waals surface area contributed by atoms with Gasteiger partial charge in [0, 0.05) is 36.0 Å². The molecule has 2 aromatic rings. The number of Topliss-reactive ketones (excluding diaryl/α,β-unsaturated/α-hetero) is 2. The number of aliphatic hydroxyl groups is 4. The van der Waals surface area contributed by atoms with E-state index in [-0.39, 0.29) is 11.3 Å². The standard InChI is InChI=1S/C31H38N4O8/c1-14-15-7-8-16(30(2,3)9-6-11-35-12-10-33-13-35)23(36)18(15)24(37)19-17(14)25(38)21-22(34(4)5)26(39)20(29(32)42)28(41)31(21,43)27(19)40/h7-8,10,12-14,17,21-22,25,36,38-40,43H,6,9,11H2,1-5H3,(H2,32,42)/t14-,17+,21+,22-,25-,31-/m0/s1. The van der Waals surface area contributed by atoms with Crippen molar-refractivity contribution in [1.82, 2.24) is 14.5 Å². The number of benzene rings is 1. The molecule has 5 rings (SSSR count). The quantitative estimate of drug-likeness (QED) is 0.256. The number of imidazole rings is 1. The molecule has 230 valence electrons. The van der Waals surface area contributed by atoms with Gasteiger partial charge in [-0.05, 0) is 43.8 Å². The van der Waals surface area contributed by atoms with Gasteiger partial charge in [0.2, 0.25) is 5.78 Å². The number of carbonyl (C=O) groups is 3. The molecule has 3 aliphatic rings. The first kappa shape index (κ1) is 30.5. The number of aromatic hydroxyl groups is 1. The Morgan fingerprint density at radius 2 is 1.86 bits per heavy atom. The number of aromatic nitrogens is 2. The van der Waals surface area contributed by atoms with E-state index in [0.29, 0.717) is 24.1 Å². The van der Waals surface area contributed by atoms with Crippen LogP contribution in [0.3, 0.4) is 0 Å². The van der Waals surface area contributed by atoms with Gasteiger partial charge in [0.15, 0.2) is 11.4 Å². The van der Waals surface area contributed by atoms with Crippen molar-refractivity contribution >= 4 is 17.5 Å². The molecule has 0 unspecified atom stereocenters. The molecule has 0 bridgehead atoms. The number of primary amides is 1. The number of phenols is 1. The van der Waals surface area contributed by atoms with Crippen LogP contribution in [0.4, 0.5) is 0 Å². The Morgan fingerprint density at radius 3 is 2.44 bits per heavy atom. The van der Waals surface area contributed by atoms with E-state index in [0.717, 1.165) is 6.42 Å². The van der Waals surface area contributed by atoms with E-state index in [1.807, 2.05) is 24.6 Å². The molecular formula is C31H38N4O8. The van der Waals surface area contributed by atoms with Gasteiger partial charge >= 0.3 is 0 Å². The second-order valence-corrected chi connectivity index (χ2v) is 12.8. The van der Waals surface area contributed by atoms with E-state index < -0.39 is 81.1 Å². The highest BCUT2D eigenvalue weighted by atomic mass is 16.4. The summed E-state index contributed by atoms with van der Waals surface area (Å²) < 4.78 is 1.95. The average Bonchev–Trinajstić information content (AvgIpc) is 3.43. The zero-order valence-corrected chi connectivity index (χ0v) is 24.8. The summed E-state index contributed by atoms with van der Waals surface area (Å²) in [7, 11) is 3.00. The van der Waals surface area contributed by atoms with Crippen molar-refractivity contribution in [2.45, 2.75) is 69.2 Å². The predicted octanol–water partition coefficient (Wildman–Crippen LogP) is 1.61. The maximum absolute atomic E-state index is 14.2. The summed E-state index contributed by atoms with van der Waals surface area (Å²) >= 11 is 0. The lowest BCUT2D eigenvalue weighted by Gasteiger charge is -2.53. The fourth-order valence-corrected chi connectivity index (χ4v) is 7.43. The van der Waals surface area contributed by atoms with Crippen LogP contribution in [0.1, 0.15) is 61.0 Å². The molecule has 0 spiro atoms. The van der Waals surface area contributed by atoms with Gasteiger partial charge in [-0.25, -0.2) is 4.98 Å². The third-order valence-electron chi connectivity index (χ3n) is 9.64. The zero-order valence-electron chi connectivity index (χ0n) is 24.8. The molecule has 43 heavy (non-hydrogen) atoms. The van der Waals surface area contributed by atoms with Crippen LogP contribution in [0.15, 0.2) is 53.5 Å². The molecule has 0 aliphatic heterocycles. The lowest BCUT2D eigenvalue weighted by atomic mass is 9.55. The SMILES string of the molecule is C[C@H]1c2ccc(C(C)(C)CCCn3ccnc3)c(O)c2C(=O)C2=C(O)[C@]3(O)C(=O)C(C(N)=O)=C(O)[C@@H](N(C)C)[C@@H]3[C@@H](O)[C@@H]21. The first-order chi connectivity index (χ1) is 20.1. The van der Waals surface area contributed by atoms with E-state index in [1.54, 1.807) is 31.6 Å². The number of hydrogen-bond acceptors (Lipinski definition) is 10. The monoisotopic (exact) mass is 594 g/mol. The van der Waals surface area contributed by atoms with Gasteiger partial charge in [0.25, 0.3) is 5.91 Å². The maximum Gasteiger partial charge on any atom is 0.255 e. The number of carbonyl (C=O) groups excluding carboxylic acids is 3. The third-order valence-corrected chi connectivity index (χ3v) is 9.64. The number of ketones is 2. The van der Waals surface area contributed by atoms with Crippen molar-refractivity contribution < 1.29 is 39.9 Å². The number of aryl methyl sites for hydroxylation is 1. The van der Waals surface area contributed by atoms with Gasteiger partial charge in [0.1, 0.15) is 22.8 Å². The molecule has 12 nitrogen and oxygen atoms in total. The van der Waals surface area contributed by atoms with Gasteiger partial charge in [-0.2, -0.15) is 0 Å². The smallest absolute Gasteiger partial charge is 0.255 e. The van der Waals surface area contributed by atoms with Crippen molar-refractivity contribution in [3.05, 3.63) is 70.2 Å². The maximum atomic E-state index is 14.2. The summed E-state index contributed by atoms with van der Waals surface area (Å²) in [5.74, 6) is -8.93. The van der Waals surface area contributed by atoms with Crippen LogP contribution in [-0.2, 0) is 21.5 Å². The van der Waals surface area contributed by atoms with Gasteiger partial charge < -0.3 is 35.8 Å². The predicted molar refractivity (Wildman–Crippen MR) is 154 cm³/mol. The van der Waals surface area contributed by atoms with Crippen LogP contribution in [0, 0.1) is 11.8 Å². The molecule has 1 aromatic carbocycles. The van der Waals surface area contributed by atoms with Crippen LogP contribution in [0.5, 0.6) is 5.75 Å². The highest BCUT2D eigenvalue weighted by Gasteiger charge is 2.67. The Kier molecular flexibility index (Phi) is 7.31. The van der Waals surface area contributed by atoms with Crippen LogP contribution < -0.4 is 5.73 Å². The molecule has 0 saturated carbocycles. The molecule has 1 amide bonds. The number of rotatable bonds is 7. The molecule has 0 fully saturated rings. The number of aliphatic hydroxyl groups excluding tert-OH is 3. The minimum atomic E-state index is -2.94. The molecular weight excluding hydrogens is 556 g/mol. The normalized spacial score (nSPS) is 29.1. The summed E-state index contributed by atoms with van der Waals surface area (Å²) in [6, 6.07) is 2.19. The molecule has 1 aromatic heterocycles. The summed E-state index contributed by atoms with van der Waals surface area (Å²) in [4.78, 5) is 45.4. The number of hydrogen-bond donors (Lipinski definition) is 6. The van der Waals surface area contributed by atoms with Gasteiger partial charge in [0.05, 0.1) is 30.0 Å². The summed E-state index contributed by atoms with van der Waals surface area (Å²) in [6.07, 6.45) is 5.07. The highest BCUT2D eigenvalue weighted by molar-refractivity contribution is 6.25. The number of fused-ring (bicyclic) bond motifs is 3. The summed E-state index contributed by atoms with van der Waals surface area (Å²) in [5, 5.41) is 57.7. The number of phenolic OH excluding ortho intramolecular Hbond substituents is 1. The largest absolute Gasteiger partial charge is 0.510 e. The van der Waals surface area contributed by atoms with Crippen molar-refractivity contribution in [1.29, 1.82) is 0 Å². The topological polar surface area (TPSA) is 199 Å². The van der Waals surface area contributed by atoms with Crippen molar-refractivity contribution in [3.63, 3.8) is 0 Å². The molecule has 7 N–H and O–H groups in total. The molecule has 3 aliphatic carbocycles. The van der Waals surface area contributed by atoms with Gasteiger partial charge in [-0.1, -0.05) is 32.9 Å². The highest BCUT2D eigenvalue weighted by Crippen LogP contribution is 2.56. The van der Waals surface area contributed by atoms with E-state index >= 15 is 0 Å².